The maximum atomic E-state index is 5.56. The van der Waals surface area contributed by atoms with Gasteiger partial charge in [-0.25, -0.2) is 9.97 Å². The number of methoxy groups -OCH3 is 1. The van der Waals surface area contributed by atoms with Gasteiger partial charge in [0.05, 0.1) is 12.8 Å². The molecule has 5 rings (SSSR count). The van der Waals surface area contributed by atoms with Gasteiger partial charge in [-0.2, -0.15) is 0 Å². The lowest BCUT2D eigenvalue weighted by atomic mass is 9.74. The van der Waals surface area contributed by atoms with Crippen molar-refractivity contribution in [1.29, 1.82) is 0 Å². The molecule has 5 heteroatoms. The molecular weight excluding hydrogens is 396 g/mol. The molecule has 2 aliphatic heterocycles. The fourth-order valence-corrected chi connectivity index (χ4v) is 5.30. The number of hydrogen-bond acceptors (Lipinski definition) is 5. The molecule has 1 saturated heterocycles. The third-order valence-electron chi connectivity index (χ3n) is 7.49. The van der Waals surface area contributed by atoms with Gasteiger partial charge in [-0.15, -0.1) is 0 Å². The van der Waals surface area contributed by atoms with Crippen LogP contribution in [0.5, 0.6) is 5.75 Å². The van der Waals surface area contributed by atoms with Gasteiger partial charge in [-0.05, 0) is 56.4 Å². The van der Waals surface area contributed by atoms with Gasteiger partial charge in [-0.3, -0.25) is 4.99 Å². The minimum atomic E-state index is 0.121. The number of aryl methyl sites for hydroxylation is 1. The molecule has 3 aliphatic rings. The molecule has 1 fully saturated rings. The van der Waals surface area contributed by atoms with Gasteiger partial charge >= 0.3 is 0 Å². The second-order valence-corrected chi connectivity index (χ2v) is 9.76. The SMILES string of the molecule is COc1cc(C2=C(C)N=C(C3(C)CCN(c4ncnc5c4C=C(C)C5)CC3)C2)ccc1C. The summed E-state index contributed by atoms with van der Waals surface area (Å²) in [4.78, 5) is 16.7. The number of piperidine rings is 1. The quantitative estimate of drug-likeness (QED) is 0.633. The normalized spacial score (nSPS) is 19.7. The van der Waals surface area contributed by atoms with Gasteiger partial charge in [0.1, 0.15) is 17.9 Å². The van der Waals surface area contributed by atoms with Crippen LogP contribution in [0.4, 0.5) is 5.82 Å². The van der Waals surface area contributed by atoms with E-state index in [0.29, 0.717) is 0 Å². The minimum Gasteiger partial charge on any atom is -0.496 e. The number of allylic oxidation sites excluding steroid dienone is 3. The molecule has 3 heterocycles. The molecule has 0 unspecified atom stereocenters. The first kappa shape index (κ1) is 20.9. The largest absolute Gasteiger partial charge is 0.496 e. The highest BCUT2D eigenvalue weighted by atomic mass is 16.5. The first-order valence-corrected chi connectivity index (χ1v) is 11.6. The maximum Gasteiger partial charge on any atom is 0.139 e. The van der Waals surface area contributed by atoms with Gasteiger partial charge < -0.3 is 9.64 Å². The van der Waals surface area contributed by atoms with Crippen LogP contribution in [0.2, 0.25) is 0 Å². The molecule has 1 aliphatic carbocycles. The molecule has 0 amide bonds. The zero-order valence-electron chi connectivity index (χ0n) is 19.8. The number of nitrogens with zero attached hydrogens (tertiary/aromatic N) is 4. The van der Waals surface area contributed by atoms with Crippen molar-refractivity contribution in [3.05, 3.63) is 58.2 Å². The summed E-state index contributed by atoms with van der Waals surface area (Å²) < 4.78 is 5.56. The van der Waals surface area contributed by atoms with Crippen LogP contribution in [0.15, 0.2) is 40.8 Å². The van der Waals surface area contributed by atoms with Crippen molar-refractivity contribution in [2.24, 2.45) is 10.4 Å². The number of anilines is 1. The Bertz CT molecular complexity index is 1170. The van der Waals surface area contributed by atoms with Gasteiger partial charge in [0.25, 0.3) is 0 Å². The van der Waals surface area contributed by atoms with Crippen LogP contribution in [0.3, 0.4) is 0 Å². The number of hydrogen-bond donors (Lipinski definition) is 0. The Labute approximate surface area is 191 Å². The van der Waals surface area contributed by atoms with Crippen LogP contribution in [0.25, 0.3) is 11.6 Å². The molecule has 0 spiro atoms. The third kappa shape index (κ3) is 3.54. The number of ether oxygens (including phenoxy) is 1. The van der Waals surface area contributed by atoms with E-state index in [2.05, 4.69) is 66.8 Å². The second kappa shape index (κ2) is 7.88. The van der Waals surface area contributed by atoms with Crippen LogP contribution in [0, 0.1) is 12.3 Å². The van der Waals surface area contributed by atoms with Gasteiger partial charge in [0.15, 0.2) is 0 Å². The molecule has 2 aromatic rings. The highest BCUT2D eigenvalue weighted by molar-refractivity contribution is 6.03. The van der Waals surface area contributed by atoms with Crippen molar-refractivity contribution >= 4 is 23.2 Å². The highest BCUT2D eigenvalue weighted by Gasteiger charge is 2.38. The summed E-state index contributed by atoms with van der Waals surface area (Å²) in [5.41, 5.74) is 10.1. The predicted octanol–water partition coefficient (Wildman–Crippen LogP) is 5.64. The van der Waals surface area contributed by atoms with E-state index in [9.17, 15) is 0 Å². The molecule has 0 atom stereocenters. The van der Waals surface area contributed by atoms with E-state index in [4.69, 9.17) is 9.73 Å². The van der Waals surface area contributed by atoms with Crippen molar-refractivity contribution in [3.8, 4) is 5.75 Å². The van der Waals surface area contributed by atoms with E-state index in [1.807, 2.05) is 0 Å². The predicted molar refractivity (Wildman–Crippen MR) is 131 cm³/mol. The van der Waals surface area contributed by atoms with Gasteiger partial charge in [-0.1, -0.05) is 30.7 Å². The lowest BCUT2D eigenvalue weighted by Gasteiger charge is -2.40. The zero-order valence-corrected chi connectivity index (χ0v) is 19.8. The molecule has 1 aromatic heterocycles. The molecular formula is C27H32N4O. The van der Waals surface area contributed by atoms with Crippen LogP contribution in [0.1, 0.15) is 62.4 Å². The lowest BCUT2D eigenvalue weighted by Crippen LogP contribution is -2.43. The number of rotatable bonds is 4. The Kier molecular flexibility index (Phi) is 5.15. The molecule has 0 N–H and O–H groups in total. The maximum absolute atomic E-state index is 5.56. The van der Waals surface area contributed by atoms with Gasteiger partial charge in [0.2, 0.25) is 0 Å². The molecule has 0 radical (unpaired) electrons. The van der Waals surface area contributed by atoms with Crippen molar-refractivity contribution in [2.75, 3.05) is 25.1 Å². The smallest absolute Gasteiger partial charge is 0.139 e. The Morgan fingerprint density at radius 3 is 2.56 bits per heavy atom. The number of fused-ring (bicyclic) bond motifs is 1. The minimum absolute atomic E-state index is 0.121. The average molecular weight is 429 g/mol. The molecule has 0 bridgehead atoms. The number of aliphatic imine (C=N–C) groups is 1. The first-order chi connectivity index (χ1) is 15.4. The summed E-state index contributed by atoms with van der Waals surface area (Å²) in [7, 11) is 1.74. The first-order valence-electron chi connectivity index (χ1n) is 11.6. The van der Waals surface area contributed by atoms with Crippen molar-refractivity contribution in [3.63, 3.8) is 0 Å². The van der Waals surface area contributed by atoms with E-state index >= 15 is 0 Å². The van der Waals surface area contributed by atoms with E-state index in [-0.39, 0.29) is 5.41 Å². The summed E-state index contributed by atoms with van der Waals surface area (Å²) >= 11 is 0. The molecule has 166 valence electrons. The summed E-state index contributed by atoms with van der Waals surface area (Å²) in [6, 6.07) is 6.50. The molecule has 0 saturated carbocycles. The Morgan fingerprint density at radius 1 is 1.03 bits per heavy atom. The molecule has 32 heavy (non-hydrogen) atoms. The summed E-state index contributed by atoms with van der Waals surface area (Å²) in [5, 5.41) is 0. The van der Waals surface area contributed by atoms with E-state index in [1.165, 1.54) is 33.7 Å². The number of aromatic nitrogens is 2. The van der Waals surface area contributed by atoms with Crippen LogP contribution in [-0.2, 0) is 6.42 Å². The van der Waals surface area contributed by atoms with Crippen LogP contribution >= 0.6 is 0 Å². The summed E-state index contributed by atoms with van der Waals surface area (Å²) in [6.45, 7) is 10.8. The standard InChI is InChI=1S/C27H32N4O/c1-17-12-22-23(13-17)28-16-29-26(22)31-10-8-27(4,9-11-31)25-15-21(19(3)30-25)20-7-6-18(2)24(14-20)32-5/h6-7,12,14,16H,8-11,13,15H2,1-5H3. The second-order valence-electron chi connectivity index (χ2n) is 9.76. The number of benzene rings is 1. The Morgan fingerprint density at radius 2 is 1.81 bits per heavy atom. The molecule has 5 nitrogen and oxygen atoms in total. The monoisotopic (exact) mass is 428 g/mol. The highest BCUT2D eigenvalue weighted by Crippen LogP contribution is 2.43. The topological polar surface area (TPSA) is 50.6 Å². The summed E-state index contributed by atoms with van der Waals surface area (Å²) in [5.74, 6) is 2.04. The van der Waals surface area contributed by atoms with Crippen molar-refractivity contribution in [2.45, 2.75) is 53.4 Å². The third-order valence-corrected chi connectivity index (χ3v) is 7.49. The van der Waals surface area contributed by atoms with E-state index in [1.54, 1.807) is 13.4 Å². The van der Waals surface area contributed by atoms with E-state index in [0.717, 1.165) is 61.6 Å². The van der Waals surface area contributed by atoms with Crippen molar-refractivity contribution < 1.29 is 4.74 Å². The van der Waals surface area contributed by atoms with E-state index < -0.39 is 0 Å². The average Bonchev–Trinajstić information content (AvgIpc) is 3.37. The zero-order chi connectivity index (χ0) is 22.5. The van der Waals surface area contributed by atoms with Crippen molar-refractivity contribution in [1.82, 2.24) is 9.97 Å². The fourth-order valence-electron chi connectivity index (χ4n) is 5.30. The molecule has 1 aromatic carbocycles. The Balaban J connectivity index is 1.31. The van der Waals surface area contributed by atoms with Crippen LogP contribution in [-0.4, -0.2) is 35.9 Å². The Hall–Kier alpha value is -2.95. The van der Waals surface area contributed by atoms with Crippen LogP contribution < -0.4 is 9.64 Å². The fraction of sp³-hybridized carbons (Fsp3) is 0.444. The van der Waals surface area contributed by atoms with Gasteiger partial charge in [0, 0.05) is 48.3 Å². The lowest BCUT2D eigenvalue weighted by molar-refractivity contribution is 0.351. The summed E-state index contributed by atoms with van der Waals surface area (Å²) in [6.07, 6.45) is 8.04.